The molecule has 1 aromatic carbocycles. The van der Waals surface area contributed by atoms with Crippen molar-refractivity contribution in [2.24, 2.45) is 5.92 Å². The minimum Gasteiger partial charge on any atom is -0.481 e. The Morgan fingerprint density at radius 1 is 1.27 bits per heavy atom. The van der Waals surface area contributed by atoms with E-state index in [4.69, 9.17) is 5.11 Å². The Kier molecular flexibility index (Phi) is 5.30. The lowest BCUT2D eigenvalue weighted by molar-refractivity contribution is -0.143. The number of hydrogen-bond acceptors (Lipinski definition) is 2. The van der Waals surface area contributed by atoms with Crippen molar-refractivity contribution in [3.05, 3.63) is 35.4 Å². The fourth-order valence-corrected chi connectivity index (χ4v) is 2.49. The number of halogens is 2. The first kappa shape index (κ1) is 16.2. The van der Waals surface area contributed by atoms with Gasteiger partial charge in [0.15, 0.2) is 11.6 Å². The van der Waals surface area contributed by atoms with Gasteiger partial charge in [0.05, 0.1) is 5.92 Å². The summed E-state index contributed by atoms with van der Waals surface area (Å²) >= 11 is 0. The van der Waals surface area contributed by atoms with E-state index >= 15 is 0 Å². The van der Waals surface area contributed by atoms with Gasteiger partial charge in [-0.05, 0) is 30.9 Å². The van der Waals surface area contributed by atoms with Crippen LogP contribution in [0, 0.1) is 17.6 Å². The van der Waals surface area contributed by atoms with E-state index in [1.165, 1.54) is 12.1 Å². The third-order valence-electron chi connectivity index (χ3n) is 3.83. The maximum atomic E-state index is 13.4. The van der Waals surface area contributed by atoms with Crippen molar-refractivity contribution in [3.63, 3.8) is 0 Å². The van der Waals surface area contributed by atoms with Crippen molar-refractivity contribution in [1.82, 2.24) is 10.2 Å². The monoisotopic (exact) mass is 312 g/mol. The lowest BCUT2D eigenvalue weighted by Crippen LogP contribution is -2.45. The number of aliphatic carboxylic acids is 1. The number of nitrogens with one attached hydrogen (secondary N) is 1. The minimum absolute atomic E-state index is 0.193. The third kappa shape index (κ3) is 3.93. The molecule has 2 N–H and O–H groups in total. The number of carbonyl (C=O) groups is 2. The van der Waals surface area contributed by atoms with Crippen molar-refractivity contribution in [1.29, 1.82) is 0 Å². The van der Waals surface area contributed by atoms with Gasteiger partial charge >= 0.3 is 12.0 Å². The topological polar surface area (TPSA) is 69.6 Å². The van der Waals surface area contributed by atoms with E-state index in [1.54, 1.807) is 4.90 Å². The highest BCUT2D eigenvalue weighted by molar-refractivity contribution is 5.75. The molecule has 0 atom stereocenters. The maximum Gasteiger partial charge on any atom is 0.317 e. The molecule has 7 heteroatoms. The Hall–Kier alpha value is -2.18. The summed E-state index contributed by atoms with van der Waals surface area (Å²) in [5.41, 5.74) is 0.213. The van der Waals surface area contributed by atoms with Gasteiger partial charge in [-0.25, -0.2) is 13.6 Å². The second-order valence-corrected chi connectivity index (χ2v) is 5.29. The standard InChI is InChI=1S/C15H18F2N2O3/c16-12-3-1-2-10(13(12)17)4-7-18-15(22)19-8-5-11(6-9-19)14(20)21/h1-3,11H,4-9H2,(H,18,22)(H,20,21). The molecular formula is C15H18F2N2O3. The van der Waals surface area contributed by atoms with Crippen LogP contribution in [0.4, 0.5) is 13.6 Å². The summed E-state index contributed by atoms with van der Waals surface area (Å²) in [7, 11) is 0. The normalized spacial score (nSPS) is 15.6. The summed E-state index contributed by atoms with van der Waals surface area (Å²) in [6.45, 7) is 0.965. The van der Waals surface area contributed by atoms with Gasteiger partial charge in [-0.15, -0.1) is 0 Å². The van der Waals surface area contributed by atoms with Crippen LogP contribution in [0.15, 0.2) is 18.2 Å². The van der Waals surface area contributed by atoms with Crippen LogP contribution in [0.2, 0.25) is 0 Å². The zero-order valence-corrected chi connectivity index (χ0v) is 12.0. The first-order chi connectivity index (χ1) is 10.5. The summed E-state index contributed by atoms with van der Waals surface area (Å²) in [4.78, 5) is 24.3. The number of carboxylic acid groups (broad SMARTS) is 1. The number of piperidine rings is 1. The predicted molar refractivity (Wildman–Crippen MR) is 75.4 cm³/mol. The number of carboxylic acids is 1. The lowest BCUT2D eigenvalue weighted by atomic mass is 9.97. The molecule has 2 amide bonds. The number of amides is 2. The summed E-state index contributed by atoms with van der Waals surface area (Å²) < 4.78 is 26.5. The quantitative estimate of drug-likeness (QED) is 0.893. The third-order valence-corrected chi connectivity index (χ3v) is 3.83. The molecule has 0 saturated carbocycles. The van der Waals surface area contributed by atoms with Crippen molar-refractivity contribution in [2.45, 2.75) is 19.3 Å². The molecule has 1 aliphatic rings. The molecule has 0 spiro atoms. The number of nitrogens with zero attached hydrogens (tertiary/aromatic N) is 1. The van der Waals surface area contributed by atoms with E-state index in [2.05, 4.69) is 5.32 Å². The fraction of sp³-hybridized carbons (Fsp3) is 0.467. The van der Waals surface area contributed by atoms with E-state index in [0.717, 1.165) is 6.07 Å². The Bertz CT molecular complexity index is 558. The van der Waals surface area contributed by atoms with Crippen LogP contribution in [0.1, 0.15) is 18.4 Å². The van der Waals surface area contributed by atoms with E-state index in [1.807, 2.05) is 0 Å². The number of carbonyl (C=O) groups excluding carboxylic acids is 1. The van der Waals surface area contributed by atoms with Gasteiger partial charge in [-0.3, -0.25) is 4.79 Å². The van der Waals surface area contributed by atoms with E-state index in [9.17, 15) is 18.4 Å². The molecule has 0 aromatic heterocycles. The van der Waals surface area contributed by atoms with Gasteiger partial charge in [0.1, 0.15) is 0 Å². The van der Waals surface area contributed by atoms with Crippen molar-refractivity contribution in [2.75, 3.05) is 19.6 Å². The first-order valence-corrected chi connectivity index (χ1v) is 7.17. The van der Waals surface area contributed by atoms with Gasteiger partial charge in [0.2, 0.25) is 0 Å². The molecule has 0 bridgehead atoms. The summed E-state index contributed by atoms with van der Waals surface area (Å²) in [5.74, 6) is -3.02. The van der Waals surface area contributed by atoms with Crippen LogP contribution in [-0.4, -0.2) is 41.6 Å². The van der Waals surface area contributed by atoms with Crippen LogP contribution in [0.3, 0.4) is 0 Å². The van der Waals surface area contributed by atoms with Crippen LogP contribution in [-0.2, 0) is 11.2 Å². The average molecular weight is 312 g/mol. The molecule has 0 unspecified atom stereocenters. The second-order valence-electron chi connectivity index (χ2n) is 5.29. The Balaban J connectivity index is 1.77. The Morgan fingerprint density at radius 3 is 2.59 bits per heavy atom. The highest BCUT2D eigenvalue weighted by atomic mass is 19.2. The highest BCUT2D eigenvalue weighted by Gasteiger charge is 2.26. The van der Waals surface area contributed by atoms with Gasteiger partial charge in [-0.2, -0.15) is 0 Å². The molecule has 120 valence electrons. The van der Waals surface area contributed by atoms with Crippen molar-refractivity contribution >= 4 is 12.0 Å². The van der Waals surface area contributed by atoms with Crippen molar-refractivity contribution < 1.29 is 23.5 Å². The van der Waals surface area contributed by atoms with Gasteiger partial charge in [0, 0.05) is 19.6 Å². The number of hydrogen-bond donors (Lipinski definition) is 2. The smallest absolute Gasteiger partial charge is 0.317 e. The van der Waals surface area contributed by atoms with Crippen LogP contribution >= 0.6 is 0 Å². The summed E-state index contributed by atoms with van der Waals surface area (Å²) in [6.07, 6.45) is 1.06. The highest BCUT2D eigenvalue weighted by Crippen LogP contribution is 2.17. The first-order valence-electron chi connectivity index (χ1n) is 7.17. The number of rotatable bonds is 4. The van der Waals surface area contributed by atoms with Gasteiger partial charge in [0.25, 0.3) is 0 Å². The fourth-order valence-electron chi connectivity index (χ4n) is 2.49. The summed E-state index contributed by atoms with van der Waals surface area (Å²) in [6, 6.07) is 3.64. The predicted octanol–water partition coefficient (Wildman–Crippen LogP) is 2.01. The molecule has 0 aliphatic carbocycles. The van der Waals surface area contributed by atoms with Crippen molar-refractivity contribution in [3.8, 4) is 0 Å². The largest absolute Gasteiger partial charge is 0.481 e. The molecule has 0 radical (unpaired) electrons. The average Bonchev–Trinajstić information content (AvgIpc) is 2.51. The molecule has 1 fully saturated rings. The second kappa shape index (κ2) is 7.20. The number of urea groups is 1. The lowest BCUT2D eigenvalue weighted by Gasteiger charge is -2.30. The molecule has 1 aromatic rings. The Morgan fingerprint density at radius 2 is 1.95 bits per heavy atom. The number of benzene rings is 1. The molecule has 1 saturated heterocycles. The Labute approximate surface area is 126 Å². The SMILES string of the molecule is O=C(O)C1CCN(C(=O)NCCc2cccc(F)c2F)CC1. The molecule has 2 rings (SSSR count). The van der Waals surface area contributed by atoms with Crippen LogP contribution < -0.4 is 5.32 Å². The van der Waals surface area contributed by atoms with Crippen LogP contribution in [0.25, 0.3) is 0 Å². The minimum atomic E-state index is -0.903. The van der Waals surface area contributed by atoms with E-state index < -0.39 is 23.5 Å². The van der Waals surface area contributed by atoms with Gasteiger partial charge in [-0.1, -0.05) is 12.1 Å². The molecule has 1 aliphatic heterocycles. The maximum absolute atomic E-state index is 13.4. The van der Waals surface area contributed by atoms with E-state index in [0.29, 0.717) is 25.9 Å². The van der Waals surface area contributed by atoms with Gasteiger partial charge < -0.3 is 15.3 Å². The number of likely N-dealkylation sites (tertiary alicyclic amines) is 1. The molecule has 1 heterocycles. The summed E-state index contributed by atoms with van der Waals surface area (Å²) in [5, 5.41) is 11.5. The molecule has 22 heavy (non-hydrogen) atoms. The zero-order valence-electron chi connectivity index (χ0n) is 12.0. The molecular weight excluding hydrogens is 294 g/mol. The van der Waals surface area contributed by atoms with E-state index in [-0.39, 0.29) is 24.6 Å². The van der Waals surface area contributed by atoms with Crippen LogP contribution in [0.5, 0.6) is 0 Å². The zero-order chi connectivity index (χ0) is 16.1. The molecule has 5 nitrogen and oxygen atoms in total.